The lowest BCUT2D eigenvalue weighted by Crippen LogP contribution is -2.44. The largest absolute Gasteiger partial charge is 0.274 e. The highest BCUT2D eigenvalue weighted by molar-refractivity contribution is 6.24. The van der Waals surface area contributed by atoms with Crippen molar-refractivity contribution in [3.05, 3.63) is 65.0 Å². The predicted octanol–water partition coefficient (Wildman–Crippen LogP) is 2.98. The Morgan fingerprint density at radius 3 is 2.21 bits per heavy atom. The fourth-order valence-corrected chi connectivity index (χ4v) is 4.89. The third-order valence-corrected chi connectivity index (χ3v) is 6.37. The molecule has 2 aromatic carbocycles. The highest BCUT2D eigenvalue weighted by Crippen LogP contribution is 2.48. The lowest BCUT2D eigenvalue weighted by molar-refractivity contribution is -0.126. The van der Waals surface area contributed by atoms with E-state index in [-0.39, 0.29) is 23.7 Å². The molecule has 3 saturated heterocycles. The molecule has 3 fully saturated rings. The van der Waals surface area contributed by atoms with Crippen LogP contribution in [-0.2, 0) is 9.59 Å². The van der Waals surface area contributed by atoms with Crippen LogP contribution in [0.4, 0.5) is 10.1 Å². The Hall–Kier alpha value is -2.57. The fraction of sp³-hybridized carbons (Fsp3) is 0.364. The van der Waals surface area contributed by atoms with Crippen molar-refractivity contribution in [1.29, 1.82) is 0 Å². The van der Waals surface area contributed by atoms with E-state index in [2.05, 4.69) is 10.0 Å². The van der Waals surface area contributed by atoms with Crippen LogP contribution in [0.2, 0.25) is 0 Å². The Labute approximate surface area is 163 Å². The molecule has 6 heteroatoms. The smallest absolute Gasteiger partial charge is 0.253 e. The van der Waals surface area contributed by atoms with Crippen molar-refractivity contribution in [3.8, 4) is 0 Å². The number of rotatable bonds is 2. The van der Waals surface area contributed by atoms with E-state index < -0.39 is 12.0 Å². The van der Waals surface area contributed by atoms with Crippen molar-refractivity contribution in [2.24, 2.45) is 5.92 Å². The maximum atomic E-state index is 13.5. The standard InChI is InChI=1S/C22H22FN3O2/c1-13-4-9-17(12-14(13)2)26-21(27)18-19(15-5-7-16(23)8-6-15)24-10-3-11-25(24)20(18)22(26)28/h4-9,12,18-20H,3,10-11H2,1-2H3/t18-,19+,20+/m1/s1. The second-order valence-electron chi connectivity index (χ2n) is 7.93. The van der Waals surface area contributed by atoms with Gasteiger partial charge in [0.1, 0.15) is 11.9 Å². The molecule has 0 spiro atoms. The molecule has 0 unspecified atom stereocenters. The first-order valence-electron chi connectivity index (χ1n) is 9.71. The summed E-state index contributed by atoms with van der Waals surface area (Å²) in [5, 5.41) is 4.19. The van der Waals surface area contributed by atoms with E-state index in [0.29, 0.717) is 5.69 Å². The van der Waals surface area contributed by atoms with Gasteiger partial charge in [0.15, 0.2) is 0 Å². The van der Waals surface area contributed by atoms with E-state index >= 15 is 0 Å². The molecule has 144 valence electrons. The van der Waals surface area contributed by atoms with E-state index in [1.165, 1.54) is 17.0 Å². The fourth-order valence-electron chi connectivity index (χ4n) is 4.89. The molecule has 3 aliphatic rings. The normalized spacial score (nSPS) is 27.5. The molecule has 3 atom stereocenters. The number of benzene rings is 2. The molecule has 2 amide bonds. The van der Waals surface area contributed by atoms with Crippen LogP contribution in [0, 0.1) is 25.6 Å². The summed E-state index contributed by atoms with van der Waals surface area (Å²) in [7, 11) is 0. The number of fused-ring (bicyclic) bond motifs is 3. The van der Waals surface area contributed by atoms with Crippen molar-refractivity contribution in [3.63, 3.8) is 0 Å². The third kappa shape index (κ3) is 2.38. The Balaban J connectivity index is 1.58. The third-order valence-electron chi connectivity index (χ3n) is 6.37. The number of hydrogen-bond acceptors (Lipinski definition) is 4. The van der Waals surface area contributed by atoms with Gasteiger partial charge in [-0.3, -0.25) is 9.59 Å². The average molecular weight is 379 g/mol. The molecule has 0 radical (unpaired) electrons. The summed E-state index contributed by atoms with van der Waals surface area (Å²) in [4.78, 5) is 28.2. The summed E-state index contributed by atoms with van der Waals surface area (Å²) in [6.07, 6.45) is 0.950. The molecule has 28 heavy (non-hydrogen) atoms. The number of amides is 2. The monoisotopic (exact) mass is 379 g/mol. The van der Waals surface area contributed by atoms with Gasteiger partial charge in [0, 0.05) is 13.1 Å². The first-order chi connectivity index (χ1) is 13.5. The molecule has 0 N–H and O–H groups in total. The molecule has 0 bridgehead atoms. The minimum atomic E-state index is -0.480. The molecule has 5 nitrogen and oxygen atoms in total. The first kappa shape index (κ1) is 17.5. The van der Waals surface area contributed by atoms with Gasteiger partial charge in [-0.2, -0.15) is 0 Å². The van der Waals surface area contributed by atoms with Crippen molar-refractivity contribution in [2.75, 3.05) is 18.0 Å². The van der Waals surface area contributed by atoms with Crippen molar-refractivity contribution < 1.29 is 14.0 Å². The molecule has 0 saturated carbocycles. The zero-order chi connectivity index (χ0) is 19.6. The number of anilines is 1. The van der Waals surface area contributed by atoms with Gasteiger partial charge in [0.05, 0.1) is 17.6 Å². The minimum Gasteiger partial charge on any atom is -0.274 e. The van der Waals surface area contributed by atoms with E-state index in [1.54, 1.807) is 12.1 Å². The van der Waals surface area contributed by atoms with Gasteiger partial charge in [-0.25, -0.2) is 19.3 Å². The maximum Gasteiger partial charge on any atom is 0.253 e. The summed E-state index contributed by atoms with van der Waals surface area (Å²) in [5.41, 5.74) is 3.69. The second-order valence-corrected chi connectivity index (χ2v) is 7.93. The predicted molar refractivity (Wildman–Crippen MR) is 103 cm³/mol. The number of carbonyl (C=O) groups is 2. The molecule has 5 rings (SSSR count). The highest BCUT2D eigenvalue weighted by atomic mass is 19.1. The molecule has 0 aromatic heterocycles. The average Bonchev–Trinajstić information content (AvgIpc) is 3.31. The Bertz CT molecular complexity index is 974. The summed E-state index contributed by atoms with van der Waals surface area (Å²) >= 11 is 0. The number of hydrogen-bond donors (Lipinski definition) is 0. The number of nitrogens with zero attached hydrogens (tertiary/aromatic N) is 3. The van der Waals surface area contributed by atoms with Crippen LogP contribution in [0.25, 0.3) is 0 Å². The number of imide groups is 1. The van der Waals surface area contributed by atoms with Gasteiger partial charge in [0.25, 0.3) is 5.91 Å². The zero-order valence-electron chi connectivity index (χ0n) is 15.9. The maximum absolute atomic E-state index is 13.5. The van der Waals surface area contributed by atoms with Crippen LogP contribution in [0.3, 0.4) is 0 Å². The quantitative estimate of drug-likeness (QED) is 0.753. The summed E-state index contributed by atoms with van der Waals surface area (Å²) < 4.78 is 13.4. The molecule has 2 aromatic rings. The Morgan fingerprint density at radius 2 is 1.54 bits per heavy atom. The minimum absolute atomic E-state index is 0.158. The zero-order valence-corrected chi connectivity index (χ0v) is 15.9. The van der Waals surface area contributed by atoms with Crippen LogP contribution in [0.1, 0.15) is 29.2 Å². The van der Waals surface area contributed by atoms with Crippen LogP contribution >= 0.6 is 0 Å². The van der Waals surface area contributed by atoms with Gasteiger partial charge in [-0.05, 0) is 61.2 Å². The summed E-state index contributed by atoms with van der Waals surface area (Å²) in [6.45, 7) is 5.56. The summed E-state index contributed by atoms with van der Waals surface area (Å²) in [6, 6.07) is 11.3. The van der Waals surface area contributed by atoms with E-state index in [0.717, 1.165) is 36.2 Å². The van der Waals surface area contributed by atoms with Crippen LogP contribution < -0.4 is 4.90 Å². The Kier molecular flexibility index (Phi) is 3.89. The van der Waals surface area contributed by atoms with E-state index in [4.69, 9.17) is 0 Å². The van der Waals surface area contributed by atoms with Crippen molar-refractivity contribution in [2.45, 2.75) is 32.4 Å². The van der Waals surface area contributed by atoms with Gasteiger partial charge in [0.2, 0.25) is 5.91 Å². The van der Waals surface area contributed by atoms with Gasteiger partial charge in [-0.15, -0.1) is 0 Å². The highest BCUT2D eigenvalue weighted by Gasteiger charge is 2.62. The lowest BCUT2D eigenvalue weighted by atomic mass is 9.90. The van der Waals surface area contributed by atoms with Gasteiger partial charge < -0.3 is 0 Å². The number of hydrazine groups is 1. The number of halogens is 1. The molecule has 3 heterocycles. The topological polar surface area (TPSA) is 43.9 Å². The van der Waals surface area contributed by atoms with E-state index in [1.807, 2.05) is 32.0 Å². The lowest BCUT2D eigenvalue weighted by Gasteiger charge is -2.29. The van der Waals surface area contributed by atoms with E-state index in [9.17, 15) is 14.0 Å². The van der Waals surface area contributed by atoms with Gasteiger partial charge >= 0.3 is 0 Å². The number of aryl methyl sites for hydroxylation is 2. The van der Waals surface area contributed by atoms with Crippen LogP contribution in [0.15, 0.2) is 42.5 Å². The summed E-state index contributed by atoms with van der Waals surface area (Å²) in [5.74, 6) is -1.10. The second kappa shape index (κ2) is 6.22. The molecule has 0 aliphatic carbocycles. The molecule has 3 aliphatic heterocycles. The molecular weight excluding hydrogens is 357 g/mol. The van der Waals surface area contributed by atoms with Crippen LogP contribution in [-0.4, -0.2) is 41.0 Å². The van der Waals surface area contributed by atoms with Crippen LogP contribution in [0.5, 0.6) is 0 Å². The van der Waals surface area contributed by atoms with Crippen molar-refractivity contribution >= 4 is 17.5 Å². The molecular formula is C22H22FN3O2. The van der Waals surface area contributed by atoms with Gasteiger partial charge in [-0.1, -0.05) is 18.2 Å². The first-order valence-corrected chi connectivity index (χ1v) is 9.71. The number of carbonyl (C=O) groups excluding carboxylic acids is 2. The SMILES string of the molecule is Cc1ccc(N2C(=O)[C@H]3[C@@H](C2=O)N2CCCN2[C@H]3c2ccc(F)cc2)cc1C. The Morgan fingerprint density at radius 1 is 0.857 bits per heavy atom. The van der Waals surface area contributed by atoms with Crippen molar-refractivity contribution in [1.82, 2.24) is 10.0 Å².